The average molecular weight is 312 g/mol. The molecule has 1 unspecified atom stereocenters. The van der Waals surface area contributed by atoms with Crippen molar-refractivity contribution >= 4 is 27.3 Å². The molecule has 3 nitrogen and oxygen atoms in total. The maximum absolute atomic E-state index is 5.63. The number of hydrogen-bond donors (Lipinski definition) is 2. The van der Waals surface area contributed by atoms with Gasteiger partial charge in [0.1, 0.15) is 0 Å². The van der Waals surface area contributed by atoms with Crippen molar-refractivity contribution in [3.05, 3.63) is 50.4 Å². The summed E-state index contributed by atoms with van der Waals surface area (Å²) in [7, 11) is 0. The summed E-state index contributed by atoms with van der Waals surface area (Å²) in [6.07, 6.45) is 2.75. The second kappa shape index (κ2) is 5.73. The molecule has 0 aliphatic carbocycles. The fourth-order valence-corrected chi connectivity index (χ4v) is 2.59. The number of aryl methyl sites for hydroxylation is 1. The summed E-state index contributed by atoms with van der Waals surface area (Å²) >= 11 is 5.15. The normalized spacial score (nSPS) is 12.6. The lowest BCUT2D eigenvalue weighted by atomic mass is 10.0. The van der Waals surface area contributed by atoms with Gasteiger partial charge in [0.05, 0.1) is 11.6 Å². The first-order chi connectivity index (χ1) is 8.20. The fourth-order valence-electron chi connectivity index (χ4n) is 1.70. The van der Waals surface area contributed by atoms with E-state index in [1.54, 1.807) is 11.3 Å². The highest BCUT2D eigenvalue weighted by atomic mass is 79.9. The van der Waals surface area contributed by atoms with Gasteiger partial charge in [-0.3, -0.25) is 16.3 Å². The molecule has 0 amide bonds. The van der Waals surface area contributed by atoms with Gasteiger partial charge in [-0.15, -0.1) is 11.3 Å². The highest BCUT2D eigenvalue weighted by Crippen LogP contribution is 2.24. The molecule has 1 aromatic carbocycles. The highest BCUT2D eigenvalue weighted by Gasteiger charge is 2.12. The number of hydrazine groups is 1. The van der Waals surface area contributed by atoms with Crippen LogP contribution in [0.2, 0.25) is 0 Å². The number of nitrogens with two attached hydrogens (primary N) is 1. The Kier molecular flexibility index (Phi) is 4.28. The van der Waals surface area contributed by atoms with Crippen molar-refractivity contribution in [2.75, 3.05) is 0 Å². The minimum absolute atomic E-state index is 0.127. The molecular formula is C12H14BrN3S. The molecule has 90 valence electrons. The van der Waals surface area contributed by atoms with E-state index in [0.29, 0.717) is 0 Å². The van der Waals surface area contributed by atoms with E-state index in [-0.39, 0.29) is 6.04 Å². The Hall–Kier alpha value is -0.750. The molecule has 5 heteroatoms. The molecule has 1 atom stereocenters. The summed E-state index contributed by atoms with van der Waals surface area (Å²) in [5.74, 6) is 5.63. The Bertz CT molecular complexity index is 485. The SMILES string of the molecule is Cc1cc(C(Cc2cncs2)NN)ccc1Br. The lowest BCUT2D eigenvalue weighted by Crippen LogP contribution is -2.29. The van der Waals surface area contributed by atoms with Gasteiger partial charge in [-0.1, -0.05) is 28.1 Å². The van der Waals surface area contributed by atoms with Crippen LogP contribution >= 0.6 is 27.3 Å². The van der Waals surface area contributed by atoms with Crippen molar-refractivity contribution in [2.24, 2.45) is 5.84 Å². The number of aromatic nitrogens is 1. The molecule has 0 aliphatic heterocycles. The van der Waals surface area contributed by atoms with Crippen LogP contribution in [0.25, 0.3) is 0 Å². The van der Waals surface area contributed by atoms with E-state index in [0.717, 1.165) is 10.9 Å². The molecule has 1 heterocycles. The van der Waals surface area contributed by atoms with Crippen LogP contribution in [0.15, 0.2) is 34.4 Å². The first-order valence-corrected chi connectivity index (χ1v) is 6.97. The van der Waals surface area contributed by atoms with Crippen molar-refractivity contribution in [1.82, 2.24) is 10.4 Å². The van der Waals surface area contributed by atoms with Crippen molar-refractivity contribution in [3.8, 4) is 0 Å². The summed E-state index contributed by atoms with van der Waals surface area (Å²) in [6, 6.07) is 6.42. The number of thiazole rings is 1. The minimum Gasteiger partial charge on any atom is -0.271 e. The quantitative estimate of drug-likeness (QED) is 0.674. The first-order valence-electron chi connectivity index (χ1n) is 5.30. The molecule has 3 N–H and O–H groups in total. The second-order valence-corrected chi connectivity index (χ2v) is 5.72. The van der Waals surface area contributed by atoms with E-state index in [4.69, 9.17) is 5.84 Å². The van der Waals surface area contributed by atoms with Crippen molar-refractivity contribution in [2.45, 2.75) is 19.4 Å². The Morgan fingerprint density at radius 3 is 2.94 bits per heavy atom. The first kappa shape index (κ1) is 12.7. The van der Waals surface area contributed by atoms with Crippen LogP contribution in [-0.4, -0.2) is 4.98 Å². The van der Waals surface area contributed by atoms with E-state index in [1.807, 2.05) is 11.7 Å². The smallest absolute Gasteiger partial charge is 0.0794 e. The van der Waals surface area contributed by atoms with Crippen LogP contribution in [0.5, 0.6) is 0 Å². The number of hydrogen-bond acceptors (Lipinski definition) is 4. The number of benzene rings is 1. The van der Waals surface area contributed by atoms with Gasteiger partial charge in [0.15, 0.2) is 0 Å². The summed E-state index contributed by atoms with van der Waals surface area (Å²) in [4.78, 5) is 5.31. The largest absolute Gasteiger partial charge is 0.271 e. The molecule has 0 aliphatic rings. The van der Waals surface area contributed by atoms with Crippen LogP contribution in [0.4, 0.5) is 0 Å². The summed E-state index contributed by atoms with van der Waals surface area (Å²) in [6.45, 7) is 2.08. The minimum atomic E-state index is 0.127. The average Bonchev–Trinajstić information content (AvgIpc) is 2.82. The zero-order valence-electron chi connectivity index (χ0n) is 9.48. The maximum atomic E-state index is 5.63. The number of rotatable bonds is 4. The van der Waals surface area contributed by atoms with Crippen molar-refractivity contribution < 1.29 is 0 Å². The Labute approximate surface area is 113 Å². The molecular weight excluding hydrogens is 298 g/mol. The molecule has 0 bridgehead atoms. The third kappa shape index (κ3) is 3.13. The summed E-state index contributed by atoms with van der Waals surface area (Å²) in [5, 5.41) is 0. The standard InChI is InChI=1S/C12H14BrN3S/c1-8-4-9(2-3-11(8)13)12(16-14)5-10-6-15-7-17-10/h2-4,6-7,12,16H,5,14H2,1H3. The molecule has 2 rings (SSSR count). The molecule has 0 saturated heterocycles. The van der Waals surface area contributed by atoms with Crippen LogP contribution < -0.4 is 11.3 Å². The number of halogens is 1. The molecule has 0 saturated carbocycles. The molecule has 0 fully saturated rings. The molecule has 17 heavy (non-hydrogen) atoms. The van der Waals surface area contributed by atoms with Gasteiger partial charge in [-0.05, 0) is 24.1 Å². The molecule has 0 radical (unpaired) electrons. The topological polar surface area (TPSA) is 50.9 Å². The van der Waals surface area contributed by atoms with Crippen LogP contribution in [0.1, 0.15) is 22.0 Å². The third-order valence-corrected chi connectivity index (χ3v) is 4.37. The maximum Gasteiger partial charge on any atom is 0.0794 e. The van der Waals surface area contributed by atoms with Crippen molar-refractivity contribution in [3.63, 3.8) is 0 Å². The molecule has 1 aromatic heterocycles. The zero-order chi connectivity index (χ0) is 12.3. The third-order valence-electron chi connectivity index (χ3n) is 2.67. The summed E-state index contributed by atoms with van der Waals surface area (Å²) in [5.41, 5.74) is 7.12. The highest BCUT2D eigenvalue weighted by molar-refractivity contribution is 9.10. The molecule has 2 aromatic rings. The Balaban J connectivity index is 2.20. The van der Waals surface area contributed by atoms with Crippen LogP contribution in [0.3, 0.4) is 0 Å². The van der Waals surface area contributed by atoms with Crippen LogP contribution in [-0.2, 0) is 6.42 Å². The van der Waals surface area contributed by atoms with E-state index in [1.165, 1.54) is 16.0 Å². The van der Waals surface area contributed by atoms with Crippen LogP contribution in [0, 0.1) is 6.92 Å². The fraction of sp³-hybridized carbons (Fsp3) is 0.250. The van der Waals surface area contributed by atoms with E-state index < -0.39 is 0 Å². The van der Waals surface area contributed by atoms with Gasteiger partial charge >= 0.3 is 0 Å². The predicted octanol–water partition coefficient (Wildman–Crippen LogP) is 2.96. The van der Waals surface area contributed by atoms with Gasteiger partial charge in [0, 0.05) is 22.0 Å². The number of nitrogens with one attached hydrogen (secondary N) is 1. The van der Waals surface area contributed by atoms with E-state index in [9.17, 15) is 0 Å². The van der Waals surface area contributed by atoms with E-state index in [2.05, 4.69) is 51.5 Å². The number of nitrogens with zero attached hydrogens (tertiary/aromatic N) is 1. The lowest BCUT2D eigenvalue weighted by molar-refractivity contribution is 0.555. The van der Waals surface area contributed by atoms with E-state index >= 15 is 0 Å². The Morgan fingerprint density at radius 2 is 2.35 bits per heavy atom. The second-order valence-electron chi connectivity index (χ2n) is 3.90. The van der Waals surface area contributed by atoms with Gasteiger partial charge < -0.3 is 0 Å². The Morgan fingerprint density at radius 1 is 1.53 bits per heavy atom. The monoisotopic (exact) mass is 311 g/mol. The molecule has 0 spiro atoms. The van der Waals surface area contributed by atoms with Gasteiger partial charge in [-0.25, -0.2) is 0 Å². The van der Waals surface area contributed by atoms with Gasteiger partial charge in [0.2, 0.25) is 0 Å². The lowest BCUT2D eigenvalue weighted by Gasteiger charge is -2.16. The van der Waals surface area contributed by atoms with Gasteiger partial charge in [-0.2, -0.15) is 0 Å². The summed E-state index contributed by atoms with van der Waals surface area (Å²) < 4.78 is 1.12. The van der Waals surface area contributed by atoms with Gasteiger partial charge in [0.25, 0.3) is 0 Å². The zero-order valence-corrected chi connectivity index (χ0v) is 11.9. The van der Waals surface area contributed by atoms with Crippen molar-refractivity contribution in [1.29, 1.82) is 0 Å². The predicted molar refractivity (Wildman–Crippen MR) is 74.8 cm³/mol.